The zero-order valence-corrected chi connectivity index (χ0v) is 11.3. The van der Waals surface area contributed by atoms with E-state index >= 15 is 0 Å². The highest BCUT2D eigenvalue weighted by molar-refractivity contribution is 5.79. The van der Waals surface area contributed by atoms with Gasteiger partial charge in [-0.15, -0.1) is 0 Å². The molecule has 0 radical (unpaired) electrons. The minimum Gasteiger partial charge on any atom is -0.394 e. The van der Waals surface area contributed by atoms with Gasteiger partial charge in [0.05, 0.1) is 12.1 Å². The fourth-order valence-electron chi connectivity index (χ4n) is 2.32. The summed E-state index contributed by atoms with van der Waals surface area (Å²) in [6, 6.07) is 0. The molecule has 0 saturated heterocycles. The monoisotopic (exact) mass is 242 g/mol. The molecule has 0 unspecified atom stereocenters. The standard InChI is InChI=1S/C13H26N2O2/c1-13(2,9-16)15(3)12(17)11-6-4-10(8-14)5-7-11/h10-11,16H,4-9,14H2,1-3H3. The lowest BCUT2D eigenvalue weighted by Gasteiger charge is -2.38. The van der Waals surface area contributed by atoms with Crippen LogP contribution in [0, 0.1) is 11.8 Å². The zero-order valence-electron chi connectivity index (χ0n) is 11.3. The highest BCUT2D eigenvalue weighted by atomic mass is 16.3. The second-order valence-electron chi connectivity index (χ2n) is 5.82. The molecule has 1 fully saturated rings. The van der Waals surface area contributed by atoms with Gasteiger partial charge in [0.15, 0.2) is 0 Å². The summed E-state index contributed by atoms with van der Waals surface area (Å²) in [5, 5.41) is 9.28. The van der Waals surface area contributed by atoms with Crippen LogP contribution in [0.3, 0.4) is 0 Å². The van der Waals surface area contributed by atoms with Gasteiger partial charge >= 0.3 is 0 Å². The van der Waals surface area contributed by atoms with Crippen LogP contribution in [-0.4, -0.2) is 41.7 Å². The summed E-state index contributed by atoms with van der Waals surface area (Å²) in [4.78, 5) is 14.0. The van der Waals surface area contributed by atoms with E-state index in [4.69, 9.17) is 5.73 Å². The number of hydrogen-bond donors (Lipinski definition) is 2. The van der Waals surface area contributed by atoms with Crippen LogP contribution in [0.4, 0.5) is 0 Å². The van der Waals surface area contributed by atoms with Crippen molar-refractivity contribution in [1.82, 2.24) is 4.90 Å². The first-order valence-electron chi connectivity index (χ1n) is 6.51. The predicted molar refractivity (Wildman–Crippen MR) is 68.4 cm³/mol. The molecule has 0 atom stereocenters. The average Bonchev–Trinajstić information content (AvgIpc) is 2.37. The van der Waals surface area contributed by atoms with Crippen molar-refractivity contribution in [3.05, 3.63) is 0 Å². The Hall–Kier alpha value is -0.610. The van der Waals surface area contributed by atoms with Crippen LogP contribution in [0.25, 0.3) is 0 Å². The van der Waals surface area contributed by atoms with E-state index < -0.39 is 5.54 Å². The maximum atomic E-state index is 12.3. The van der Waals surface area contributed by atoms with Gasteiger partial charge in [0.2, 0.25) is 5.91 Å². The van der Waals surface area contributed by atoms with Gasteiger partial charge in [-0.05, 0) is 52.0 Å². The molecule has 3 N–H and O–H groups in total. The Kier molecular flexibility index (Phi) is 4.95. The highest BCUT2D eigenvalue weighted by Gasteiger charge is 2.33. The van der Waals surface area contributed by atoms with E-state index in [9.17, 15) is 9.90 Å². The summed E-state index contributed by atoms with van der Waals surface area (Å²) in [7, 11) is 1.79. The largest absolute Gasteiger partial charge is 0.394 e. The predicted octanol–water partition coefficient (Wildman–Crippen LogP) is 0.981. The smallest absolute Gasteiger partial charge is 0.225 e. The first kappa shape index (κ1) is 14.5. The molecule has 0 heterocycles. The summed E-state index contributed by atoms with van der Waals surface area (Å²) >= 11 is 0. The van der Waals surface area contributed by atoms with Crippen molar-refractivity contribution in [3.8, 4) is 0 Å². The van der Waals surface area contributed by atoms with Gasteiger partial charge in [-0.3, -0.25) is 4.79 Å². The third-order valence-electron chi connectivity index (χ3n) is 4.15. The van der Waals surface area contributed by atoms with Crippen molar-refractivity contribution >= 4 is 5.91 Å². The quantitative estimate of drug-likeness (QED) is 0.772. The second-order valence-corrected chi connectivity index (χ2v) is 5.82. The van der Waals surface area contributed by atoms with E-state index in [1.807, 2.05) is 13.8 Å². The number of nitrogens with two attached hydrogens (primary N) is 1. The minimum atomic E-state index is -0.470. The fraction of sp³-hybridized carbons (Fsp3) is 0.923. The van der Waals surface area contributed by atoms with E-state index in [0.717, 1.165) is 32.2 Å². The average molecular weight is 242 g/mol. The number of amides is 1. The van der Waals surface area contributed by atoms with Crippen molar-refractivity contribution in [1.29, 1.82) is 0 Å². The Morgan fingerprint density at radius 2 is 1.88 bits per heavy atom. The molecular formula is C13H26N2O2. The first-order valence-corrected chi connectivity index (χ1v) is 6.51. The van der Waals surface area contributed by atoms with Gasteiger partial charge in [0.25, 0.3) is 0 Å². The topological polar surface area (TPSA) is 66.6 Å². The number of rotatable bonds is 4. The number of carbonyl (C=O) groups excluding carboxylic acids is 1. The Balaban J connectivity index is 2.54. The summed E-state index contributed by atoms with van der Waals surface area (Å²) in [5.41, 5.74) is 5.18. The molecule has 0 bridgehead atoms. The number of hydrogen-bond acceptors (Lipinski definition) is 3. The van der Waals surface area contributed by atoms with E-state index in [2.05, 4.69) is 0 Å². The lowest BCUT2D eigenvalue weighted by Crippen LogP contribution is -2.50. The molecule has 1 aliphatic carbocycles. The molecule has 17 heavy (non-hydrogen) atoms. The summed E-state index contributed by atoms with van der Waals surface area (Å²) in [5.74, 6) is 0.878. The lowest BCUT2D eigenvalue weighted by molar-refractivity contribution is -0.141. The molecule has 4 nitrogen and oxygen atoms in total. The number of nitrogens with zero attached hydrogens (tertiary/aromatic N) is 1. The molecule has 0 aromatic carbocycles. The zero-order chi connectivity index (χ0) is 13.1. The Morgan fingerprint density at radius 1 is 1.35 bits per heavy atom. The van der Waals surface area contributed by atoms with Crippen molar-refractivity contribution in [2.75, 3.05) is 20.2 Å². The van der Waals surface area contributed by atoms with Gasteiger partial charge in [-0.2, -0.15) is 0 Å². The molecule has 0 aliphatic heterocycles. The van der Waals surface area contributed by atoms with Crippen LogP contribution in [0.15, 0.2) is 0 Å². The second kappa shape index (κ2) is 5.83. The molecule has 100 valence electrons. The van der Waals surface area contributed by atoms with Gasteiger partial charge in [-0.1, -0.05) is 0 Å². The van der Waals surface area contributed by atoms with E-state index in [1.54, 1.807) is 11.9 Å². The maximum absolute atomic E-state index is 12.3. The normalized spacial score (nSPS) is 25.7. The Bertz CT molecular complexity index is 258. The third kappa shape index (κ3) is 3.42. The fourth-order valence-corrected chi connectivity index (χ4v) is 2.32. The molecule has 1 aliphatic rings. The lowest BCUT2D eigenvalue weighted by atomic mass is 9.81. The van der Waals surface area contributed by atoms with Crippen molar-refractivity contribution < 1.29 is 9.90 Å². The first-order chi connectivity index (χ1) is 7.92. The summed E-state index contributed by atoms with van der Waals surface area (Å²) in [6.45, 7) is 4.50. The molecule has 0 spiro atoms. The van der Waals surface area contributed by atoms with Crippen molar-refractivity contribution in [2.45, 2.75) is 45.1 Å². The molecule has 0 aromatic heterocycles. The van der Waals surface area contributed by atoms with Crippen molar-refractivity contribution in [2.24, 2.45) is 17.6 Å². The van der Waals surface area contributed by atoms with Crippen LogP contribution in [0.5, 0.6) is 0 Å². The molecule has 0 aromatic rings. The molecule has 1 amide bonds. The van der Waals surface area contributed by atoms with Gasteiger partial charge in [0.1, 0.15) is 0 Å². The maximum Gasteiger partial charge on any atom is 0.225 e. The van der Waals surface area contributed by atoms with Crippen molar-refractivity contribution in [3.63, 3.8) is 0 Å². The van der Waals surface area contributed by atoms with Gasteiger partial charge < -0.3 is 15.7 Å². The van der Waals surface area contributed by atoms with Gasteiger partial charge in [-0.25, -0.2) is 0 Å². The van der Waals surface area contributed by atoms with Crippen LogP contribution < -0.4 is 5.73 Å². The van der Waals surface area contributed by atoms with Gasteiger partial charge in [0, 0.05) is 13.0 Å². The molecular weight excluding hydrogens is 216 g/mol. The minimum absolute atomic E-state index is 0.00656. The van der Waals surface area contributed by atoms with E-state index in [1.165, 1.54) is 0 Å². The number of aliphatic hydroxyl groups is 1. The molecule has 4 heteroatoms. The molecule has 1 rings (SSSR count). The third-order valence-corrected chi connectivity index (χ3v) is 4.15. The van der Waals surface area contributed by atoms with Crippen LogP contribution in [-0.2, 0) is 4.79 Å². The van der Waals surface area contributed by atoms with Crippen LogP contribution in [0.1, 0.15) is 39.5 Å². The Labute approximate surface area is 104 Å². The molecule has 1 saturated carbocycles. The van der Waals surface area contributed by atoms with Crippen LogP contribution in [0.2, 0.25) is 0 Å². The number of carbonyl (C=O) groups is 1. The number of aliphatic hydroxyl groups excluding tert-OH is 1. The van der Waals surface area contributed by atoms with E-state index in [0.29, 0.717) is 5.92 Å². The SMILES string of the molecule is CN(C(=O)C1CCC(CN)CC1)C(C)(C)CO. The summed E-state index contributed by atoms with van der Waals surface area (Å²) in [6.07, 6.45) is 3.99. The summed E-state index contributed by atoms with van der Waals surface area (Å²) < 4.78 is 0. The Morgan fingerprint density at radius 3 is 2.29 bits per heavy atom. The highest BCUT2D eigenvalue weighted by Crippen LogP contribution is 2.30. The number of likely N-dealkylation sites (N-methyl/N-ethyl adjacent to an activating group) is 1. The van der Waals surface area contributed by atoms with E-state index in [-0.39, 0.29) is 18.4 Å². The van der Waals surface area contributed by atoms with Crippen LogP contribution >= 0.6 is 0 Å².